The van der Waals surface area contributed by atoms with Crippen LogP contribution in [0.15, 0.2) is 36.4 Å². The molecule has 2 aromatic rings. The largest absolute Gasteiger partial charge is 0.494 e. The average molecular weight is 281 g/mol. The van der Waals surface area contributed by atoms with E-state index in [1.54, 1.807) is 24.3 Å². The maximum Gasteiger partial charge on any atom is 0.194 e. The van der Waals surface area contributed by atoms with Gasteiger partial charge in [-0.15, -0.1) is 0 Å². The van der Waals surface area contributed by atoms with Crippen molar-refractivity contribution in [3.05, 3.63) is 65.0 Å². The van der Waals surface area contributed by atoms with E-state index in [4.69, 9.17) is 10.5 Å². The third kappa shape index (κ3) is 2.77. The number of benzene rings is 2. The number of para-hydroxylation sites is 1. The first-order chi connectivity index (χ1) is 9.54. The zero-order chi connectivity index (χ0) is 14.7. The summed E-state index contributed by atoms with van der Waals surface area (Å²) < 4.78 is 44.9. The first kappa shape index (κ1) is 14.4. The molecule has 1 atom stereocenters. The highest BCUT2D eigenvalue weighted by Crippen LogP contribution is 2.29. The number of halogens is 3. The molecular formula is C15H14F3NO. The SMILES string of the molecule is CCOc1ccccc1C(N)c1cc(F)c(F)c(F)c1. The van der Waals surface area contributed by atoms with Gasteiger partial charge in [0.2, 0.25) is 0 Å². The van der Waals surface area contributed by atoms with Gasteiger partial charge in [0.1, 0.15) is 5.75 Å². The first-order valence-corrected chi connectivity index (χ1v) is 6.16. The van der Waals surface area contributed by atoms with Gasteiger partial charge < -0.3 is 10.5 Å². The lowest BCUT2D eigenvalue weighted by Gasteiger charge is -2.17. The quantitative estimate of drug-likeness (QED) is 0.870. The van der Waals surface area contributed by atoms with E-state index in [2.05, 4.69) is 0 Å². The van der Waals surface area contributed by atoms with Crippen molar-refractivity contribution in [3.63, 3.8) is 0 Å². The van der Waals surface area contributed by atoms with Crippen LogP contribution in [-0.4, -0.2) is 6.61 Å². The van der Waals surface area contributed by atoms with Crippen LogP contribution in [0.25, 0.3) is 0 Å². The fourth-order valence-corrected chi connectivity index (χ4v) is 1.96. The van der Waals surface area contributed by atoms with Gasteiger partial charge in [-0.25, -0.2) is 13.2 Å². The second-order valence-electron chi connectivity index (χ2n) is 4.25. The van der Waals surface area contributed by atoms with Crippen LogP contribution in [0.2, 0.25) is 0 Å². The maximum absolute atomic E-state index is 13.3. The Kier molecular flexibility index (Phi) is 4.29. The van der Waals surface area contributed by atoms with Crippen molar-refractivity contribution in [2.45, 2.75) is 13.0 Å². The van der Waals surface area contributed by atoms with Gasteiger partial charge in [-0.2, -0.15) is 0 Å². The van der Waals surface area contributed by atoms with Crippen LogP contribution in [0.4, 0.5) is 13.2 Å². The average Bonchev–Trinajstić information content (AvgIpc) is 2.44. The number of nitrogens with two attached hydrogens (primary N) is 1. The van der Waals surface area contributed by atoms with E-state index in [1.165, 1.54) is 0 Å². The van der Waals surface area contributed by atoms with Crippen LogP contribution in [0, 0.1) is 17.5 Å². The molecule has 0 aliphatic rings. The molecule has 0 aliphatic carbocycles. The summed E-state index contributed by atoms with van der Waals surface area (Å²) in [5, 5.41) is 0. The minimum absolute atomic E-state index is 0.147. The Bertz CT molecular complexity index is 593. The lowest BCUT2D eigenvalue weighted by atomic mass is 9.98. The minimum atomic E-state index is -1.50. The van der Waals surface area contributed by atoms with Crippen molar-refractivity contribution in [3.8, 4) is 5.75 Å². The summed E-state index contributed by atoms with van der Waals surface area (Å²) in [6.45, 7) is 2.26. The molecule has 106 valence electrons. The molecule has 20 heavy (non-hydrogen) atoms. The zero-order valence-corrected chi connectivity index (χ0v) is 10.9. The molecule has 0 bridgehead atoms. The predicted octanol–water partition coefficient (Wildman–Crippen LogP) is 3.55. The molecule has 0 amide bonds. The number of ether oxygens (including phenoxy) is 1. The monoisotopic (exact) mass is 281 g/mol. The van der Waals surface area contributed by atoms with E-state index >= 15 is 0 Å². The molecule has 2 N–H and O–H groups in total. The van der Waals surface area contributed by atoms with Crippen LogP contribution in [0.3, 0.4) is 0 Å². The number of hydrogen-bond donors (Lipinski definition) is 1. The fourth-order valence-electron chi connectivity index (χ4n) is 1.96. The smallest absolute Gasteiger partial charge is 0.194 e. The van der Waals surface area contributed by atoms with Crippen molar-refractivity contribution in [2.24, 2.45) is 5.73 Å². The van der Waals surface area contributed by atoms with Gasteiger partial charge >= 0.3 is 0 Å². The van der Waals surface area contributed by atoms with E-state index in [1.807, 2.05) is 6.92 Å². The summed E-state index contributed by atoms with van der Waals surface area (Å²) in [5.74, 6) is -3.49. The van der Waals surface area contributed by atoms with Gasteiger partial charge in [-0.1, -0.05) is 18.2 Å². The van der Waals surface area contributed by atoms with E-state index < -0.39 is 23.5 Å². The van der Waals surface area contributed by atoms with Crippen molar-refractivity contribution in [2.75, 3.05) is 6.61 Å². The molecule has 0 saturated carbocycles. The second-order valence-corrected chi connectivity index (χ2v) is 4.25. The summed E-state index contributed by atoms with van der Waals surface area (Å²) in [5.41, 5.74) is 6.73. The zero-order valence-electron chi connectivity index (χ0n) is 10.9. The van der Waals surface area contributed by atoms with Gasteiger partial charge in [0.05, 0.1) is 12.6 Å². The Balaban J connectivity index is 2.43. The highest BCUT2D eigenvalue weighted by molar-refractivity contribution is 5.41. The highest BCUT2D eigenvalue weighted by atomic mass is 19.2. The molecule has 0 aliphatic heterocycles. The van der Waals surface area contributed by atoms with Gasteiger partial charge in [0, 0.05) is 5.56 Å². The Morgan fingerprint density at radius 3 is 2.30 bits per heavy atom. The second kappa shape index (κ2) is 5.96. The van der Waals surface area contributed by atoms with Gasteiger partial charge in [-0.3, -0.25) is 0 Å². The summed E-state index contributed by atoms with van der Waals surface area (Å²) in [4.78, 5) is 0. The summed E-state index contributed by atoms with van der Waals surface area (Å²) in [6, 6.07) is 7.92. The molecule has 2 rings (SSSR count). The third-order valence-electron chi connectivity index (χ3n) is 2.92. The molecule has 5 heteroatoms. The molecule has 0 saturated heterocycles. The van der Waals surface area contributed by atoms with Crippen LogP contribution >= 0.6 is 0 Å². The van der Waals surface area contributed by atoms with Crippen LogP contribution in [0.1, 0.15) is 24.1 Å². The fraction of sp³-hybridized carbons (Fsp3) is 0.200. The summed E-state index contributed by atoms with van der Waals surface area (Å²) >= 11 is 0. The molecule has 2 nitrogen and oxygen atoms in total. The molecule has 2 aromatic carbocycles. The lowest BCUT2D eigenvalue weighted by Crippen LogP contribution is -2.14. The van der Waals surface area contributed by atoms with Crippen molar-refractivity contribution < 1.29 is 17.9 Å². The molecule has 0 spiro atoms. The molecule has 0 aromatic heterocycles. The molecule has 1 unspecified atom stereocenters. The van der Waals surface area contributed by atoms with Gasteiger partial charge in [0.25, 0.3) is 0 Å². The van der Waals surface area contributed by atoms with Gasteiger partial charge in [0.15, 0.2) is 17.5 Å². The number of rotatable bonds is 4. The van der Waals surface area contributed by atoms with E-state index in [0.29, 0.717) is 17.9 Å². The highest BCUT2D eigenvalue weighted by Gasteiger charge is 2.18. The molecule has 0 fully saturated rings. The van der Waals surface area contributed by atoms with Crippen molar-refractivity contribution in [1.29, 1.82) is 0 Å². The van der Waals surface area contributed by atoms with E-state index in [-0.39, 0.29) is 5.56 Å². The Morgan fingerprint density at radius 1 is 1.10 bits per heavy atom. The predicted molar refractivity (Wildman–Crippen MR) is 70.0 cm³/mol. The van der Waals surface area contributed by atoms with Gasteiger partial charge in [-0.05, 0) is 30.7 Å². The lowest BCUT2D eigenvalue weighted by molar-refractivity contribution is 0.335. The summed E-state index contributed by atoms with van der Waals surface area (Å²) in [6.07, 6.45) is 0. The van der Waals surface area contributed by atoms with Crippen molar-refractivity contribution in [1.82, 2.24) is 0 Å². The molecule has 0 heterocycles. The number of hydrogen-bond acceptors (Lipinski definition) is 2. The molecule has 0 radical (unpaired) electrons. The van der Waals surface area contributed by atoms with Crippen molar-refractivity contribution >= 4 is 0 Å². The Labute approximate surface area is 115 Å². The molecular weight excluding hydrogens is 267 g/mol. The Hall–Kier alpha value is -2.01. The van der Waals surface area contributed by atoms with E-state index in [9.17, 15) is 13.2 Å². The van der Waals surface area contributed by atoms with Crippen LogP contribution in [0.5, 0.6) is 5.75 Å². The van der Waals surface area contributed by atoms with Crippen LogP contribution in [-0.2, 0) is 0 Å². The van der Waals surface area contributed by atoms with Crippen LogP contribution < -0.4 is 10.5 Å². The third-order valence-corrected chi connectivity index (χ3v) is 2.92. The van der Waals surface area contributed by atoms with E-state index in [0.717, 1.165) is 12.1 Å². The topological polar surface area (TPSA) is 35.2 Å². The minimum Gasteiger partial charge on any atom is -0.494 e. The Morgan fingerprint density at radius 2 is 1.70 bits per heavy atom. The maximum atomic E-state index is 13.3. The summed E-state index contributed by atoms with van der Waals surface area (Å²) in [7, 11) is 0. The standard InChI is InChI=1S/C15H14F3NO/c1-2-20-13-6-4-3-5-10(13)15(19)9-7-11(16)14(18)12(17)8-9/h3-8,15H,2,19H2,1H3. The normalized spacial score (nSPS) is 12.2. The first-order valence-electron chi connectivity index (χ1n) is 6.16.